The van der Waals surface area contributed by atoms with Crippen molar-refractivity contribution >= 4 is 11.8 Å². The van der Waals surface area contributed by atoms with Gasteiger partial charge in [0.25, 0.3) is 0 Å². The lowest BCUT2D eigenvalue weighted by Gasteiger charge is -2.31. The summed E-state index contributed by atoms with van der Waals surface area (Å²) in [7, 11) is 1.98. The molecule has 1 aliphatic heterocycles. The first-order chi connectivity index (χ1) is 12.2. The van der Waals surface area contributed by atoms with Crippen LogP contribution >= 0.6 is 0 Å². The molecule has 2 amide bonds. The monoisotopic (exact) mass is 349 g/mol. The molecule has 3 rings (SSSR count). The second-order valence-corrected chi connectivity index (χ2v) is 8.47. The molecule has 1 saturated heterocycles. The average Bonchev–Trinajstić information content (AvgIpc) is 3.27. The van der Waals surface area contributed by atoms with Gasteiger partial charge >= 0.3 is 0 Å². The van der Waals surface area contributed by atoms with E-state index in [0.29, 0.717) is 24.2 Å². The zero-order valence-electron chi connectivity index (χ0n) is 15.8. The van der Waals surface area contributed by atoms with Gasteiger partial charge in [-0.25, -0.2) is 0 Å². The summed E-state index contributed by atoms with van der Waals surface area (Å²) in [6.45, 7) is 2.84. The Kier molecular flexibility index (Phi) is 6.74. The molecule has 0 aromatic carbocycles. The van der Waals surface area contributed by atoms with Crippen molar-refractivity contribution in [3.63, 3.8) is 0 Å². The highest BCUT2D eigenvalue weighted by atomic mass is 16.2. The second kappa shape index (κ2) is 9.02. The van der Waals surface area contributed by atoms with Gasteiger partial charge < -0.3 is 15.5 Å². The maximum absolute atomic E-state index is 12.7. The maximum Gasteiger partial charge on any atom is 0.225 e. The largest absolute Gasteiger partial charge is 0.353 e. The van der Waals surface area contributed by atoms with Crippen LogP contribution in [0.5, 0.6) is 0 Å². The Labute approximate surface area is 152 Å². The van der Waals surface area contributed by atoms with Crippen LogP contribution < -0.4 is 10.6 Å². The van der Waals surface area contributed by atoms with E-state index in [0.717, 1.165) is 51.7 Å². The zero-order valence-corrected chi connectivity index (χ0v) is 15.8. The number of likely N-dealkylation sites (tertiary alicyclic amines) is 1. The lowest BCUT2D eigenvalue weighted by Crippen LogP contribution is -2.42. The van der Waals surface area contributed by atoms with Gasteiger partial charge in [0.1, 0.15) is 0 Å². The predicted molar refractivity (Wildman–Crippen MR) is 99.1 cm³/mol. The standard InChI is InChI=1S/C20H35N3O2/c1-21-13-16-10-11-23(14-16)20(25)17-6-8-18(9-7-17)22-19(24)12-15-4-2-3-5-15/h15-18,21H,2-14H2,1H3,(H,22,24). The molecule has 3 aliphatic rings. The fourth-order valence-electron chi connectivity index (χ4n) is 4.99. The molecule has 0 radical (unpaired) electrons. The Bertz CT molecular complexity index is 454. The minimum Gasteiger partial charge on any atom is -0.353 e. The first kappa shape index (κ1) is 18.7. The van der Waals surface area contributed by atoms with Gasteiger partial charge in [-0.1, -0.05) is 12.8 Å². The van der Waals surface area contributed by atoms with Gasteiger partial charge in [0.15, 0.2) is 0 Å². The number of rotatable bonds is 6. The molecule has 2 N–H and O–H groups in total. The highest BCUT2D eigenvalue weighted by Crippen LogP contribution is 2.30. The van der Waals surface area contributed by atoms with E-state index in [1.807, 2.05) is 7.05 Å². The van der Waals surface area contributed by atoms with Crippen LogP contribution in [0.15, 0.2) is 0 Å². The average molecular weight is 350 g/mol. The molecule has 0 aromatic heterocycles. The van der Waals surface area contributed by atoms with Crippen molar-refractivity contribution in [2.45, 2.75) is 70.3 Å². The fraction of sp³-hybridized carbons (Fsp3) is 0.900. The molecule has 0 bridgehead atoms. The normalized spacial score (nSPS) is 30.6. The summed E-state index contributed by atoms with van der Waals surface area (Å²) in [5.74, 6) is 1.99. The lowest BCUT2D eigenvalue weighted by atomic mass is 9.85. The van der Waals surface area contributed by atoms with Crippen molar-refractivity contribution in [2.75, 3.05) is 26.7 Å². The molecular weight excluding hydrogens is 314 g/mol. The van der Waals surface area contributed by atoms with Crippen molar-refractivity contribution < 1.29 is 9.59 Å². The van der Waals surface area contributed by atoms with Gasteiger partial charge in [0.2, 0.25) is 11.8 Å². The minimum absolute atomic E-state index is 0.177. The molecule has 5 nitrogen and oxygen atoms in total. The maximum atomic E-state index is 12.7. The van der Waals surface area contributed by atoms with Crippen LogP contribution in [0.25, 0.3) is 0 Å². The zero-order chi connectivity index (χ0) is 17.6. The molecule has 2 aliphatic carbocycles. The van der Waals surface area contributed by atoms with Crippen LogP contribution in [0.4, 0.5) is 0 Å². The van der Waals surface area contributed by atoms with Crippen LogP contribution in [0.3, 0.4) is 0 Å². The molecule has 1 atom stereocenters. The first-order valence-electron chi connectivity index (χ1n) is 10.4. The molecule has 25 heavy (non-hydrogen) atoms. The van der Waals surface area contributed by atoms with Gasteiger partial charge in [0, 0.05) is 31.5 Å². The third kappa shape index (κ3) is 5.19. The minimum atomic E-state index is 0.177. The fourth-order valence-corrected chi connectivity index (χ4v) is 4.99. The molecule has 3 fully saturated rings. The van der Waals surface area contributed by atoms with E-state index in [1.54, 1.807) is 0 Å². The number of hydrogen-bond acceptors (Lipinski definition) is 3. The summed E-state index contributed by atoms with van der Waals surface area (Å²) in [6, 6.07) is 0.286. The van der Waals surface area contributed by atoms with Crippen LogP contribution in [-0.2, 0) is 9.59 Å². The van der Waals surface area contributed by atoms with E-state index >= 15 is 0 Å². The molecule has 0 aromatic rings. The quantitative estimate of drug-likeness (QED) is 0.773. The van der Waals surface area contributed by atoms with Gasteiger partial charge in [0.05, 0.1) is 0 Å². The van der Waals surface area contributed by atoms with Crippen LogP contribution in [0, 0.1) is 17.8 Å². The Hall–Kier alpha value is -1.10. The molecule has 1 heterocycles. The predicted octanol–water partition coefficient (Wildman–Crippen LogP) is 2.31. The first-order valence-corrected chi connectivity index (χ1v) is 10.4. The number of carbonyl (C=O) groups excluding carboxylic acids is 2. The van der Waals surface area contributed by atoms with Gasteiger partial charge in [-0.3, -0.25) is 9.59 Å². The van der Waals surface area contributed by atoms with E-state index in [9.17, 15) is 9.59 Å². The van der Waals surface area contributed by atoms with Crippen molar-refractivity contribution in [3.8, 4) is 0 Å². The van der Waals surface area contributed by atoms with Crippen LogP contribution in [0.1, 0.15) is 64.2 Å². The summed E-state index contributed by atoms with van der Waals surface area (Å²) in [4.78, 5) is 27.0. The van der Waals surface area contributed by atoms with Crippen molar-refractivity contribution in [1.29, 1.82) is 0 Å². The molecule has 0 spiro atoms. The smallest absolute Gasteiger partial charge is 0.225 e. The second-order valence-electron chi connectivity index (χ2n) is 8.47. The molecule has 142 valence electrons. The van der Waals surface area contributed by atoms with E-state index in [4.69, 9.17) is 0 Å². The van der Waals surface area contributed by atoms with E-state index in [-0.39, 0.29) is 17.9 Å². The number of nitrogens with one attached hydrogen (secondary N) is 2. The molecule has 2 saturated carbocycles. The molecular formula is C20H35N3O2. The van der Waals surface area contributed by atoms with E-state index in [2.05, 4.69) is 15.5 Å². The molecule has 1 unspecified atom stereocenters. The Morgan fingerprint density at radius 3 is 2.36 bits per heavy atom. The van der Waals surface area contributed by atoms with E-state index in [1.165, 1.54) is 25.7 Å². The van der Waals surface area contributed by atoms with Crippen LogP contribution in [0.2, 0.25) is 0 Å². The molecule has 5 heteroatoms. The summed E-state index contributed by atoms with van der Waals surface area (Å²) < 4.78 is 0. The summed E-state index contributed by atoms with van der Waals surface area (Å²) in [5.41, 5.74) is 0. The number of hydrogen-bond donors (Lipinski definition) is 2. The van der Waals surface area contributed by atoms with E-state index < -0.39 is 0 Å². The topological polar surface area (TPSA) is 61.4 Å². The number of carbonyl (C=O) groups is 2. The highest BCUT2D eigenvalue weighted by molar-refractivity contribution is 5.79. The van der Waals surface area contributed by atoms with Gasteiger partial charge in [-0.2, -0.15) is 0 Å². The third-order valence-corrected chi connectivity index (χ3v) is 6.48. The Morgan fingerprint density at radius 1 is 0.960 bits per heavy atom. The summed E-state index contributed by atoms with van der Waals surface area (Å²) in [5, 5.41) is 6.45. The number of amides is 2. The van der Waals surface area contributed by atoms with Crippen LogP contribution in [-0.4, -0.2) is 49.4 Å². The van der Waals surface area contributed by atoms with Gasteiger partial charge in [-0.05, 0) is 70.4 Å². The highest BCUT2D eigenvalue weighted by Gasteiger charge is 2.33. The SMILES string of the molecule is CNCC1CCN(C(=O)C2CCC(NC(=O)CC3CCCC3)CC2)C1. The van der Waals surface area contributed by atoms with Gasteiger partial charge in [-0.15, -0.1) is 0 Å². The lowest BCUT2D eigenvalue weighted by molar-refractivity contribution is -0.135. The summed E-state index contributed by atoms with van der Waals surface area (Å²) in [6.07, 6.45) is 10.6. The summed E-state index contributed by atoms with van der Waals surface area (Å²) >= 11 is 0. The van der Waals surface area contributed by atoms with Crippen molar-refractivity contribution in [1.82, 2.24) is 15.5 Å². The number of nitrogens with zero attached hydrogens (tertiary/aromatic N) is 1. The van der Waals surface area contributed by atoms with Crippen molar-refractivity contribution in [3.05, 3.63) is 0 Å². The Morgan fingerprint density at radius 2 is 1.68 bits per heavy atom. The third-order valence-electron chi connectivity index (χ3n) is 6.48. The van der Waals surface area contributed by atoms with Crippen molar-refractivity contribution in [2.24, 2.45) is 17.8 Å². The Balaban J connectivity index is 1.36.